The highest BCUT2D eigenvalue weighted by Gasteiger charge is 2.10. The predicted octanol–water partition coefficient (Wildman–Crippen LogP) is 2.99. The number of benzene rings is 1. The van der Waals surface area contributed by atoms with Crippen LogP contribution in [0, 0.1) is 0 Å². The number of halogens is 2. The predicted molar refractivity (Wildman–Crippen MR) is 80.9 cm³/mol. The molecule has 0 fully saturated rings. The molecule has 5 heteroatoms. The summed E-state index contributed by atoms with van der Waals surface area (Å²) in [6.07, 6.45) is 0.772. The fourth-order valence-electron chi connectivity index (χ4n) is 1.56. The van der Waals surface area contributed by atoms with Gasteiger partial charge in [-0.05, 0) is 44.5 Å². The Balaban J connectivity index is 2.33. The van der Waals surface area contributed by atoms with E-state index in [4.69, 9.17) is 23.2 Å². The third-order valence-corrected chi connectivity index (χ3v) is 3.62. The minimum Gasteiger partial charge on any atom is -0.342 e. The first-order valence-electron chi connectivity index (χ1n) is 6.32. The van der Waals surface area contributed by atoms with E-state index in [1.807, 2.05) is 33.0 Å². The van der Waals surface area contributed by atoms with Crippen molar-refractivity contribution < 1.29 is 4.79 Å². The number of rotatable bonds is 6. The van der Waals surface area contributed by atoms with Gasteiger partial charge in [-0.25, -0.2) is 0 Å². The number of carbonyl (C=O) groups excluding carboxylic acids is 1. The van der Waals surface area contributed by atoms with E-state index in [1.54, 1.807) is 11.0 Å². The number of hydrogen-bond acceptors (Lipinski definition) is 2. The summed E-state index contributed by atoms with van der Waals surface area (Å²) >= 11 is 11.9. The van der Waals surface area contributed by atoms with Gasteiger partial charge in [0.05, 0.1) is 6.54 Å². The van der Waals surface area contributed by atoms with Crippen LogP contribution in [0.15, 0.2) is 18.2 Å². The number of carbonyl (C=O) groups is 1. The van der Waals surface area contributed by atoms with E-state index < -0.39 is 0 Å². The third kappa shape index (κ3) is 5.39. The largest absolute Gasteiger partial charge is 0.342 e. The topological polar surface area (TPSA) is 32.3 Å². The molecule has 0 aliphatic heterocycles. The highest BCUT2D eigenvalue weighted by Crippen LogP contribution is 2.20. The lowest BCUT2D eigenvalue weighted by Crippen LogP contribution is -2.39. The normalized spacial score (nSPS) is 10.8. The molecule has 1 amide bonds. The summed E-state index contributed by atoms with van der Waals surface area (Å²) in [4.78, 5) is 13.5. The van der Waals surface area contributed by atoms with Crippen molar-refractivity contribution in [3.05, 3.63) is 33.8 Å². The van der Waals surface area contributed by atoms with E-state index in [9.17, 15) is 4.79 Å². The van der Waals surface area contributed by atoms with Crippen molar-refractivity contribution in [3.8, 4) is 0 Å². The molecular weight excluding hydrogens is 283 g/mol. The van der Waals surface area contributed by atoms with Crippen molar-refractivity contribution in [3.63, 3.8) is 0 Å². The zero-order chi connectivity index (χ0) is 14.4. The summed E-state index contributed by atoms with van der Waals surface area (Å²) in [5.74, 6) is 0.0946. The minimum absolute atomic E-state index is 0.0946. The second-order valence-corrected chi connectivity index (χ2v) is 5.60. The van der Waals surface area contributed by atoms with Crippen LogP contribution in [-0.2, 0) is 11.2 Å². The van der Waals surface area contributed by atoms with Crippen LogP contribution in [0.1, 0.15) is 19.4 Å². The average Bonchev–Trinajstić information content (AvgIpc) is 2.35. The number of likely N-dealkylation sites (N-methyl/N-ethyl adjacent to an activating group) is 1. The summed E-state index contributed by atoms with van der Waals surface area (Å²) in [6, 6.07) is 5.69. The first-order chi connectivity index (χ1) is 8.91. The van der Waals surface area contributed by atoms with E-state index in [2.05, 4.69) is 5.32 Å². The van der Waals surface area contributed by atoms with Crippen molar-refractivity contribution in [2.75, 3.05) is 20.1 Å². The second-order valence-electron chi connectivity index (χ2n) is 4.76. The number of amides is 1. The van der Waals surface area contributed by atoms with Crippen LogP contribution in [0.2, 0.25) is 10.0 Å². The fraction of sp³-hybridized carbons (Fsp3) is 0.500. The van der Waals surface area contributed by atoms with Gasteiger partial charge in [-0.3, -0.25) is 4.79 Å². The molecule has 1 N–H and O–H groups in total. The van der Waals surface area contributed by atoms with Gasteiger partial charge in [-0.2, -0.15) is 0 Å². The summed E-state index contributed by atoms with van der Waals surface area (Å²) in [6.45, 7) is 5.04. The van der Waals surface area contributed by atoms with Crippen LogP contribution >= 0.6 is 23.2 Å². The third-order valence-electron chi connectivity index (χ3n) is 3.03. The molecule has 0 spiro atoms. The lowest BCUT2D eigenvalue weighted by molar-refractivity contribution is -0.130. The zero-order valence-electron chi connectivity index (χ0n) is 11.5. The van der Waals surface area contributed by atoms with Crippen LogP contribution in [-0.4, -0.2) is 37.0 Å². The van der Waals surface area contributed by atoms with Crippen molar-refractivity contribution >= 4 is 29.1 Å². The van der Waals surface area contributed by atoms with Gasteiger partial charge in [0.25, 0.3) is 0 Å². The van der Waals surface area contributed by atoms with Gasteiger partial charge in [-0.15, -0.1) is 0 Å². The van der Waals surface area contributed by atoms with Crippen LogP contribution in [0.25, 0.3) is 0 Å². The molecule has 19 heavy (non-hydrogen) atoms. The second kappa shape index (κ2) is 7.73. The molecule has 1 rings (SSSR count). The number of nitrogens with zero attached hydrogens (tertiary/aromatic N) is 1. The number of hydrogen-bond donors (Lipinski definition) is 1. The van der Waals surface area contributed by atoms with E-state index in [1.165, 1.54) is 0 Å². The Hall–Kier alpha value is -0.770. The molecule has 0 saturated carbocycles. The highest BCUT2D eigenvalue weighted by molar-refractivity contribution is 6.35. The van der Waals surface area contributed by atoms with E-state index in [0.29, 0.717) is 23.1 Å². The standard InChI is InChI=1S/C14H20Cl2N2O/c1-10(2)18(3)14(19)9-17-7-6-11-4-5-12(15)8-13(11)16/h4-5,8,10,17H,6-7,9H2,1-3H3. The van der Waals surface area contributed by atoms with E-state index >= 15 is 0 Å². The molecule has 0 bridgehead atoms. The Labute approximate surface area is 124 Å². The molecule has 0 saturated heterocycles. The highest BCUT2D eigenvalue weighted by atomic mass is 35.5. The van der Waals surface area contributed by atoms with Gasteiger partial charge < -0.3 is 10.2 Å². The van der Waals surface area contributed by atoms with Crippen molar-refractivity contribution in [2.24, 2.45) is 0 Å². The quantitative estimate of drug-likeness (QED) is 0.819. The molecule has 0 unspecified atom stereocenters. The molecule has 3 nitrogen and oxygen atoms in total. The van der Waals surface area contributed by atoms with Gasteiger partial charge in [0, 0.05) is 23.1 Å². The fourth-order valence-corrected chi connectivity index (χ4v) is 2.06. The summed E-state index contributed by atoms with van der Waals surface area (Å²) < 4.78 is 0. The molecule has 0 radical (unpaired) electrons. The average molecular weight is 303 g/mol. The molecule has 0 aliphatic carbocycles. The molecule has 0 aromatic heterocycles. The van der Waals surface area contributed by atoms with E-state index in [0.717, 1.165) is 12.0 Å². The Morgan fingerprint density at radius 1 is 1.37 bits per heavy atom. The summed E-state index contributed by atoms with van der Waals surface area (Å²) in [5.41, 5.74) is 1.03. The van der Waals surface area contributed by atoms with E-state index in [-0.39, 0.29) is 11.9 Å². The van der Waals surface area contributed by atoms with Crippen molar-refractivity contribution in [1.82, 2.24) is 10.2 Å². The Kier molecular flexibility index (Phi) is 6.63. The molecular formula is C14H20Cl2N2O. The van der Waals surface area contributed by atoms with Crippen LogP contribution in [0.4, 0.5) is 0 Å². The number of nitrogens with one attached hydrogen (secondary N) is 1. The molecule has 0 heterocycles. The minimum atomic E-state index is 0.0946. The lowest BCUT2D eigenvalue weighted by Gasteiger charge is -2.21. The zero-order valence-corrected chi connectivity index (χ0v) is 13.1. The smallest absolute Gasteiger partial charge is 0.236 e. The molecule has 0 aliphatic rings. The SMILES string of the molecule is CC(C)N(C)C(=O)CNCCc1ccc(Cl)cc1Cl. The van der Waals surface area contributed by atoms with Gasteiger partial charge in [0.15, 0.2) is 0 Å². The van der Waals surface area contributed by atoms with Crippen LogP contribution in [0.5, 0.6) is 0 Å². The van der Waals surface area contributed by atoms with Gasteiger partial charge in [0.1, 0.15) is 0 Å². The van der Waals surface area contributed by atoms with Crippen molar-refractivity contribution in [2.45, 2.75) is 26.3 Å². The van der Waals surface area contributed by atoms with Crippen LogP contribution in [0.3, 0.4) is 0 Å². The maximum absolute atomic E-state index is 11.7. The first-order valence-corrected chi connectivity index (χ1v) is 7.07. The lowest BCUT2D eigenvalue weighted by atomic mass is 10.1. The molecule has 1 aromatic carbocycles. The van der Waals surface area contributed by atoms with Gasteiger partial charge in [0.2, 0.25) is 5.91 Å². The summed E-state index contributed by atoms with van der Waals surface area (Å²) in [7, 11) is 1.81. The van der Waals surface area contributed by atoms with Gasteiger partial charge >= 0.3 is 0 Å². The summed E-state index contributed by atoms with van der Waals surface area (Å²) in [5, 5.41) is 4.43. The maximum Gasteiger partial charge on any atom is 0.236 e. The Morgan fingerprint density at radius 3 is 2.63 bits per heavy atom. The Bertz CT molecular complexity index is 435. The molecule has 1 aromatic rings. The van der Waals surface area contributed by atoms with Crippen LogP contribution < -0.4 is 5.32 Å². The maximum atomic E-state index is 11.7. The van der Waals surface area contributed by atoms with Gasteiger partial charge in [-0.1, -0.05) is 29.3 Å². The monoisotopic (exact) mass is 302 g/mol. The molecule has 0 atom stereocenters. The Morgan fingerprint density at radius 2 is 2.05 bits per heavy atom. The van der Waals surface area contributed by atoms with Crippen molar-refractivity contribution in [1.29, 1.82) is 0 Å². The molecule has 106 valence electrons. The first kappa shape index (κ1) is 16.3.